The van der Waals surface area contributed by atoms with Crippen LogP contribution >= 0.6 is 23.2 Å². The molecule has 1 aliphatic heterocycles. The number of hydrogen-bond donors (Lipinski definition) is 2. The number of aryl methyl sites for hydroxylation is 1. The molecule has 3 aromatic carbocycles. The van der Waals surface area contributed by atoms with Crippen molar-refractivity contribution in [3.63, 3.8) is 0 Å². The molecule has 1 aliphatic rings. The number of esters is 1. The minimum Gasteiger partial charge on any atom is -0.465 e. The highest BCUT2D eigenvalue weighted by Crippen LogP contribution is 2.30. The number of anilines is 3. The van der Waals surface area contributed by atoms with E-state index in [2.05, 4.69) is 15.4 Å². The van der Waals surface area contributed by atoms with Gasteiger partial charge in [0.25, 0.3) is 17.7 Å². The fourth-order valence-corrected chi connectivity index (χ4v) is 3.83. The van der Waals surface area contributed by atoms with E-state index >= 15 is 0 Å². The summed E-state index contributed by atoms with van der Waals surface area (Å²) < 4.78 is 4.65. The van der Waals surface area contributed by atoms with Gasteiger partial charge in [0.2, 0.25) is 0 Å². The molecule has 0 aromatic heterocycles. The molecule has 0 saturated heterocycles. The van der Waals surface area contributed by atoms with Crippen LogP contribution in [0, 0.1) is 6.92 Å². The molecule has 8 nitrogen and oxygen atoms in total. The minimum absolute atomic E-state index is 0.106. The Morgan fingerprint density at radius 3 is 2.06 bits per heavy atom. The monoisotopic (exact) mass is 523 g/mol. The third-order valence-corrected chi connectivity index (χ3v) is 6.18. The molecule has 3 amide bonds. The zero-order valence-corrected chi connectivity index (χ0v) is 20.6. The number of ether oxygens (including phenoxy) is 1. The number of nitrogens with one attached hydrogen (secondary N) is 2. The molecule has 0 saturated carbocycles. The van der Waals surface area contributed by atoms with Crippen molar-refractivity contribution in [2.45, 2.75) is 6.92 Å². The van der Waals surface area contributed by atoms with E-state index in [0.717, 1.165) is 10.5 Å². The molecule has 0 bridgehead atoms. The standard InChI is InChI=1S/C26H19Cl2N3O5/c1-14-3-8-18(13-20(14)27)30-23(32)15-4-9-17(10-5-15)29-22-21(28)24(33)31(25(22)34)19-11-6-16(7-12-19)26(35)36-2/h3-13,29H,1-2H3,(H,30,32). The second-order valence-electron chi connectivity index (χ2n) is 7.79. The van der Waals surface area contributed by atoms with Gasteiger partial charge >= 0.3 is 5.97 Å². The first-order valence-corrected chi connectivity index (χ1v) is 11.4. The zero-order chi connectivity index (χ0) is 26.0. The Labute approximate surface area is 216 Å². The van der Waals surface area contributed by atoms with Crippen LogP contribution in [0.15, 0.2) is 77.5 Å². The van der Waals surface area contributed by atoms with E-state index in [1.165, 1.54) is 31.4 Å². The highest BCUT2D eigenvalue weighted by molar-refractivity contribution is 6.53. The van der Waals surface area contributed by atoms with Crippen LogP contribution < -0.4 is 15.5 Å². The fourth-order valence-electron chi connectivity index (χ4n) is 3.43. The lowest BCUT2D eigenvalue weighted by Gasteiger charge is -2.15. The van der Waals surface area contributed by atoms with Crippen molar-refractivity contribution in [2.24, 2.45) is 0 Å². The highest BCUT2D eigenvalue weighted by atomic mass is 35.5. The average Bonchev–Trinajstić information content (AvgIpc) is 3.09. The molecule has 1 heterocycles. The third kappa shape index (κ3) is 4.95. The van der Waals surface area contributed by atoms with Crippen molar-refractivity contribution in [3.05, 3.63) is 99.2 Å². The van der Waals surface area contributed by atoms with Gasteiger partial charge in [0.05, 0.1) is 18.4 Å². The number of carbonyl (C=O) groups excluding carboxylic acids is 4. The van der Waals surface area contributed by atoms with Gasteiger partial charge < -0.3 is 15.4 Å². The van der Waals surface area contributed by atoms with Crippen molar-refractivity contribution in [1.82, 2.24) is 0 Å². The van der Waals surface area contributed by atoms with E-state index < -0.39 is 17.8 Å². The molecule has 0 unspecified atom stereocenters. The van der Waals surface area contributed by atoms with Gasteiger partial charge in [-0.15, -0.1) is 0 Å². The maximum Gasteiger partial charge on any atom is 0.337 e. The number of imide groups is 1. The molecule has 2 N–H and O–H groups in total. The number of benzene rings is 3. The molecular formula is C26H19Cl2N3O5. The van der Waals surface area contributed by atoms with E-state index in [1.807, 2.05) is 6.92 Å². The summed E-state index contributed by atoms with van der Waals surface area (Å²) in [5.74, 6) is -2.25. The largest absolute Gasteiger partial charge is 0.465 e. The molecule has 0 aliphatic carbocycles. The number of carbonyl (C=O) groups is 4. The van der Waals surface area contributed by atoms with Crippen LogP contribution in [0.25, 0.3) is 0 Å². The molecule has 0 spiro atoms. The van der Waals surface area contributed by atoms with Crippen LogP contribution in [0.1, 0.15) is 26.3 Å². The Bertz CT molecular complexity index is 1420. The van der Waals surface area contributed by atoms with E-state index in [1.54, 1.807) is 42.5 Å². The normalized spacial score (nSPS) is 13.2. The first-order valence-electron chi connectivity index (χ1n) is 10.6. The molecule has 0 radical (unpaired) electrons. The second-order valence-corrected chi connectivity index (χ2v) is 8.58. The number of amides is 3. The summed E-state index contributed by atoms with van der Waals surface area (Å²) in [6.45, 7) is 1.87. The summed E-state index contributed by atoms with van der Waals surface area (Å²) >= 11 is 12.3. The first-order chi connectivity index (χ1) is 17.2. The Morgan fingerprint density at radius 2 is 1.44 bits per heavy atom. The fraction of sp³-hybridized carbons (Fsp3) is 0.0769. The van der Waals surface area contributed by atoms with Crippen LogP contribution in [0.4, 0.5) is 17.1 Å². The summed E-state index contributed by atoms with van der Waals surface area (Å²) in [6.07, 6.45) is 0. The van der Waals surface area contributed by atoms with Gasteiger partial charge in [-0.25, -0.2) is 9.69 Å². The summed E-state index contributed by atoms with van der Waals surface area (Å²) in [4.78, 5) is 50.7. The smallest absolute Gasteiger partial charge is 0.337 e. The van der Waals surface area contributed by atoms with Crippen molar-refractivity contribution < 1.29 is 23.9 Å². The van der Waals surface area contributed by atoms with Crippen molar-refractivity contribution >= 4 is 64.0 Å². The maximum atomic E-state index is 13.0. The van der Waals surface area contributed by atoms with Gasteiger partial charge in [-0.3, -0.25) is 14.4 Å². The van der Waals surface area contributed by atoms with Crippen molar-refractivity contribution in [3.8, 4) is 0 Å². The van der Waals surface area contributed by atoms with Crippen molar-refractivity contribution in [1.29, 1.82) is 0 Å². The summed E-state index contributed by atoms with van der Waals surface area (Å²) in [5, 5.41) is 5.88. The van der Waals surface area contributed by atoms with Crippen LogP contribution in [0.5, 0.6) is 0 Å². The van der Waals surface area contributed by atoms with Gasteiger partial charge in [-0.05, 0) is 73.2 Å². The number of nitrogens with zero attached hydrogens (tertiary/aromatic N) is 1. The average molecular weight is 524 g/mol. The quantitative estimate of drug-likeness (QED) is 0.343. The van der Waals surface area contributed by atoms with Crippen LogP contribution in [-0.2, 0) is 14.3 Å². The Balaban J connectivity index is 1.46. The predicted octanol–water partition coefficient (Wildman–Crippen LogP) is 5.12. The second kappa shape index (κ2) is 10.2. The zero-order valence-electron chi connectivity index (χ0n) is 19.1. The van der Waals surface area contributed by atoms with Gasteiger partial charge in [-0.1, -0.05) is 29.3 Å². The molecule has 3 aromatic rings. The first kappa shape index (κ1) is 25.0. The van der Waals surface area contributed by atoms with Gasteiger partial charge in [0.15, 0.2) is 0 Å². The van der Waals surface area contributed by atoms with Crippen LogP contribution in [0.3, 0.4) is 0 Å². The SMILES string of the molecule is COC(=O)c1ccc(N2C(=O)C(Cl)=C(Nc3ccc(C(=O)Nc4ccc(C)c(Cl)c4)cc3)C2=O)cc1. The number of rotatable bonds is 6. The van der Waals surface area contributed by atoms with E-state index in [4.69, 9.17) is 23.2 Å². The molecule has 0 atom stereocenters. The van der Waals surface area contributed by atoms with Gasteiger partial charge in [-0.2, -0.15) is 0 Å². The number of halogens is 2. The topological polar surface area (TPSA) is 105 Å². The maximum absolute atomic E-state index is 13.0. The Morgan fingerprint density at radius 1 is 0.833 bits per heavy atom. The van der Waals surface area contributed by atoms with Crippen LogP contribution in [-0.4, -0.2) is 30.8 Å². The van der Waals surface area contributed by atoms with Gasteiger partial charge in [0, 0.05) is 22.0 Å². The van der Waals surface area contributed by atoms with Crippen LogP contribution in [0.2, 0.25) is 5.02 Å². The minimum atomic E-state index is -0.706. The molecule has 4 rings (SSSR count). The third-order valence-electron chi connectivity index (χ3n) is 5.42. The number of methoxy groups -OCH3 is 1. The van der Waals surface area contributed by atoms with E-state index in [-0.39, 0.29) is 27.9 Å². The molecular weight excluding hydrogens is 505 g/mol. The molecule has 182 valence electrons. The lowest BCUT2D eigenvalue weighted by molar-refractivity contribution is -0.120. The Kier molecular flexibility index (Phi) is 7.10. The lowest BCUT2D eigenvalue weighted by Crippen LogP contribution is -2.32. The summed E-state index contributed by atoms with van der Waals surface area (Å²) in [7, 11) is 1.25. The Hall–Kier alpha value is -4.14. The molecule has 10 heteroatoms. The van der Waals surface area contributed by atoms with E-state index in [0.29, 0.717) is 22.0 Å². The van der Waals surface area contributed by atoms with Gasteiger partial charge in [0.1, 0.15) is 10.7 Å². The lowest BCUT2D eigenvalue weighted by atomic mass is 10.1. The molecule has 36 heavy (non-hydrogen) atoms. The summed E-state index contributed by atoms with van der Waals surface area (Å²) in [6, 6.07) is 17.3. The highest BCUT2D eigenvalue weighted by Gasteiger charge is 2.39. The number of hydrogen-bond acceptors (Lipinski definition) is 6. The van der Waals surface area contributed by atoms with Crippen molar-refractivity contribution in [2.75, 3.05) is 22.6 Å². The predicted molar refractivity (Wildman–Crippen MR) is 137 cm³/mol. The molecule has 0 fully saturated rings. The summed E-state index contributed by atoms with van der Waals surface area (Å²) in [5.41, 5.74) is 2.69. The van der Waals surface area contributed by atoms with E-state index in [9.17, 15) is 19.2 Å².